The zero-order valence-corrected chi connectivity index (χ0v) is 18.1. The van der Waals surface area contributed by atoms with Gasteiger partial charge in [0.05, 0.1) is 19.3 Å². The van der Waals surface area contributed by atoms with E-state index in [2.05, 4.69) is 15.4 Å². The molecule has 0 saturated carbocycles. The van der Waals surface area contributed by atoms with Crippen molar-refractivity contribution in [2.45, 2.75) is 26.9 Å². The maximum atomic E-state index is 12.9. The van der Waals surface area contributed by atoms with Crippen LogP contribution < -0.4 is 15.6 Å². The standard InChI is InChI=1S/C24H25N5O3/c1-17-7-9-20(10-8-17)32-15-22(30)25-11-12-29-23-21(13-27-29)24(31)28(16-26-23)14-19-6-4-3-5-18(19)2/h3-10,13,16H,11-12,14-15H2,1-2H3,(H,25,30). The molecule has 0 atom stereocenters. The normalized spacial score (nSPS) is 10.9. The Morgan fingerprint density at radius 2 is 1.88 bits per heavy atom. The number of hydrogen-bond acceptors (Lipinski definition) is 5. The van der Waals surface area contributed by atoms with Gasteiger partial charge < -0.3 is 10.1 Å². The van der Waals surface area contributed by atoms with E-state index in [0.717, 1.165) is 16.7 Å². The molecule has 0 aliphatic rings. The third kappa shape index (κ3) is 4.85. The molecule has 8 nitrogen and oxygen atoms in total. The zero-order chi connectivity index (χ0) is 22.5. The van der Waals surface area contributed by atoms with Crippen LogP contribution in [0.3, 0.4) is 0 Å². The summed E-state index contributed by atoms with van der Waals surface area (Å²) in [6.07, 6.45) is 3.07. The lowest BCUT2D eigenvalue weighted by atomic mass is 10.1. The van der Waals surface area contributed by atoms with Crippen LogP contribution in [0.15, 0.2) is 65.8 Å². The smallest absolute Gasteiger partial charge is 0.264 e. The van der Waals surface area contributed by atoms with Gasteiger partial charge in [-0.15, -0.1) is 0 Å². The minimum absolute atomic E-state index is 0.0647. The maximum absolute atomic E-state index is 12.9. The number of hydrogen-bond donors (Lipinski definition) is 1. The predicted molar refractivity (Wildman–Crippen MR) is 122 cm³/mol. The van der Waals surface area contributed by atoms with Gasteiger partial charge >= 0.3 is 0 Å². The molecule has 164 valence electrons. The van der Waals surface area contributed by atoms with Crippen LogP contribution >= 0.6 is 0 Å². The van der Waals surface area contributed by atoms with E-state index in [1.54, 1.807) is 15.6 Å². The molecule has 0 radical (unpaired) electrons. The van der Waals surface area contributed by atoms with E-state index in [9.17, 15) is 9.59 Å². The van der Waals surface area contributed by atoms with Gasteiger partial charge in [0.1, 0.15) is 17.5 Å². The molecule has 0 bridgehead atoms. The first-order valence-electron chi connectivity index (χ1n) is 10.4. The van der Waals surface area contributed by atoms with Crippen molar-refractivity contribution in [3.8, 4) is 5.75 Å². The molecule has 0 aliphatic heterocycles. The third-order valence-corrected chi connectivity index (χ3v) is 5.26. The Balaban J connectivity index is 1.35. The van der Waals surface area contributed by atoms with E-state index >= 15 is 0 Å². The fraction of sp³-hybridized carbons (Fsp3) is 0.250. The summed E-state index contributed by atoms with van der Waals surface area (Å²) in [5.74, 6) is 0.422. The number of rotatable bonds is 8. The Kier molecular flexibility index (Phi) is 6.30. The van der Waals surface area contributed by atoms with Crippen molar-refractivity contribution < 1.29 is 9.53 Å². The SMILES string of the molecule is Cc1ccc(OCC(=O)NCCn2ncc3c(=O)n(Cc4ccccc4C)cnc32)cc1. The van der Waals surface area contributed by atoms with Crippen molar-refractivity contribution in [1.82, 2.24) is 24.6 Å². The molecule has 1 amide bonds. The van der Waals surface area contributed by atoms with Crippen molar-refractivity contribution in [1.29, 1.82) is 0 Å². The maximum Gasteiger partial charge on any atom is 0.264 e. The van der Waals surface area contributed by atoms with Crippen molar-refractivity contribution in [2.24, 2.45) is 0 Å². The van der Waals surface area contributed by atoms with Crippen LogP contribution in [0.1, 0.15) is 16.7 Å². The number of nitrogens with zero attached hydrogens (tertiary/aromatic N) is 4. The second-order valence-corrected chi connectivity index (χ2v) is 7.66. The van der Waals surface area contributed by atoms with E-state index in [-0.39, 0.29) is 18.1 Å². The Bertz CT molecular complexity index is 1290. The number of carbonyl (C=O) groups excluding carboxylic acids is 1. The number of nitrogens with one attached hydrogen (secondary N) is 1. The van der Waals surface area contributed by atoms with Crippen molar-refractivity contribution in [2.75, 3.05) is 13.2 Å². The van der Waals surface area contributed by atoms with E-state index in [0.29, 0.717) is 36.4 Å². The average molecular weight is 431 g/mol. The molecule has 4 rings (SSSR count). The molecule has 0 saturated heterocycles. The van der Waals surface area contributed by atoms with Gasteiger partial charge in [-0.1, -0.05) is 42.0 Å². The highest BCUT2D eigenvalue weighted by molar-refractivity contribution is 5.77. The van der Waals surface area contributed by atoms with E-state index in [1.165, 1.54) is 6.20 Å². The molecule has 0 unspecified atom stereocenters. The minimum Gasteiger partial charge on any atom is -0.484 e. The Labute approximate surface area is 185 Å². The van der Waals surface area contributed by atoms with Crippen LogP contribution in [0, 0.1) is 13.8 Å². The van der Waals surface area contributed by atoms with Gasteiger partial charge in [0.15, 0.2) is 12.3 Å². The lowest BCUT2D eigenvalue weighted by Crippen LogP contribution is -2.31. The Morgan fingerprint density at radius 3 is 2.66 bits per heavy atom. The van der Waals surface area contributed by atoms with Crippen molar-refractivity contribution in [3.63, 3.8) is 0 Å². The predicted octanol–water partition coefficient (Wildman–Crippen LogP) is 2.45. The summed E-state index contributed by atoms with van der Waals surface area (Å²) in [5, 5.41) is 7.53. The van der Waals surface area contributed by atoms with Gasteiger partial charge in [-0.2, -0.15) is 5.10 Å². The molecular weight excluding hydrogens is 406 g/mol. The van der Waals surface area contributed by atoms with Gasteiger partial charge in [0.25, 0.3) is 11.5 Å². The van der Waals surface area contributed by atoms with Crippen LogP contribution in [0.25, 0.3) is 11.0 Å². The summed E-state index contributed by atoms with van der Waals surface area (Å²) in [4.78, 5) is 29.3. The highest BCUT2D eigenvalue weighted by Crippen LogP contribution is 2.11. The van der Waals surface area contributed by atoms with E-state index in [4.69, 9.17) is 4.74 Å². The summed E-state index contributed by atoms with van der Waals surface area (Å²) in [5.41, 5.74) is 3.68. The molecule has 2 aromatic carbocycles. The Hall–Kier alpha value is -3.94. The van der Waals surface area contributed by atoms with Gasteiger partial charge in [-0.05, 0) is 37.1 Å². The van der Waals surface area contributed by atoms with Gasteiger partial charge in [-0.25, -0.2) is 9.67 Å². The lowest BCUT2D eigenvalue weighted by Gasteiger charge is -2.09. The van der Waals surface area contributed by atoms with Gasteiger partial charge in [0.2, 0.25) is 0 Å². The Morgan fingerprint density at radius 1 is 1.09 bits per heavy atom. The number of ether oxygens (including phenoxy) is 1. The lowest BCUT2D eigenvalue weighted by molar-refractivity contribution is -0.123. The largest absolute Gasteiger partial charge is 0.484 e. The molecule has 4 aromatic rings. The first-order valence-corrected chi connectivity index (χ1v) is 10.4. The van der Waals surface area contributed by atoms with Crippen LogP contribution in [-0.4, -0.2) is 38.4 Å². The first-order chi connectivity index (χ1) is 15.5. The van der Waals surface area contributed by atoms with Gasteiger partial charge in [-0.3, -0.25) is 14.2 Å². The molecule has 2 heterocycles. The highest BCUT2D eigenvalue weighted by Gasteiger charge is 2.11. The summed E-state index contributed by atoms with van der Waals surface area (Å²) in [6, 6.07) is 15.5. The molecule has 0 fully saturated rings. The zero-order valence-electron chi connectivity index (χ0n) is 18.1. The number of amides is 1. The van der Waals surface area contributed by atoms with Crippen LogP contribution in [0.5, 0.6) is 5.75 Å². The second-order valence-electron chi connectivity index (χ2n) is 7.66. The van der Waals surface area contributed by atoms with Crippen LogP contribution in [-0.2, 0) is 17.9 Å². The molecule has 32 heavy (non-hydrogen) atoms. The van der Waals surface area contributed by atoms with E-state index in [1.807, 2.05) is 62.4 Å². The summed E-state index contributed by atoms with van der Waals surface area (Å²) < 4.78 is 8.68. The molecule has 1 N–H and O–H groups in total. The fourth-order valence-electron chi connectivity index (χ4n) is 3.38. The molecule has 8 heteroatoms. The topological polar surface area (TPSA) is 91.0 Å². The molecule has 0 aliphatic carbocycles. The molecular formula is C24H25N5O3. The summed E-state index contributed by atoms with van der Waals surface area (Å²) >= 11 is 0. The number of carbonyl (C=O) groups is 1. The quantitative estimate of drug-likeness (QED) is 0.463. The third-order valence-electron chi connectivity index (χ3n) is 5.26. The summed E-state index contributed by atoms with van der Waals surface area (Å²) in [7, 11) is 0. The van der Waals surface area contributed by atoms with Gasteiger partial charge in [0, 0.05) is 6.54 Å². The van der Waals surface area contributed by atoms with Crippen LogP contribution in [0.2, 0.25) is 0 Å². The monoisotopic (exact) mass is 431 g/mol. The highest BCUT2D eigenvalue weighted by atomic mass is 16.5. The molecule has 0 spiro atoms. The van der Waals surface area contributed by atoms with Crippen LogP contribution in [0.4, 0.5) is 0 Å². The minimum atomic E-state index is -0.226. The van der Waals surface area contributed by atoms with E-state index < -0.39 is 0 Å². The first kappa shape index (κ1) is 21.3. The van der Waals surface area contributed by atoms with Crippen molar-refractivity contribution >= 4 is 16.9 Å². The summed E-state index contributed by atoms with van der Waals surface area (Å²) in [6.45, 7) is 5.14. The number of aromatic nitrogens is 4. The number of aryl methyl sites for hydroxylation is 2. The number of fused-ring (bicyclic) bond motifs is 1. The second kappa shape index (κ2) is 9.47. The molecule has 2 aromatic heterocycles. The van der Waals surface area contributed by atoms with Crippen molar-refractivity contribution in [3.05, 3.63) is 88.1 Å². The average Bonchev–Trinajstić information content (AvgIpc) is 3.20. The fourth-order valence-corrected chi connectivity index (χ4v) is 3.38. The number of benzene rings is 2.